The molecule has 0 aromatic heterocycles. The molecule has 0 aromatic rings. The lowest BCUT2D eigenvalue weighted by Gasteiger charge is -2.20. The van der Waals surface area contributed by atoms with Crippen LogP contribution >= 0.6 is 0 Å². The maximum Gasteiger partial charge on any atom is 0.135 e. The van der Waals surface area contributed by atoms with Gasteiger partial charge in [-0.3, -0.25) is 4.79 Å². The molecule has 0 bridgehead atoms. The minimum Gasteiger partial charge on any atom is -0.396 e. The van der Waals surface area contributed by atoms with Crippen molar-refractivity contribution < 1.29 is 9.90 Å². The molecule has 19 heavy (non-hydrogen) atoms. The van der Waals surface area contributed by atoms with Gasteiger partial charge >= 0.3 is 0 Å². The number of unbranched alkanes of at least 4 members (excludes halogenated alkanes) is 8. The third-order valence-corrected chi connectivity index (χ3v) is 4.39. The van der Waals surface area contributed by atoms with Gasteiger partial charge in [0.25, 0.3) is 0 Å². The Morgan fingerprint density at radius 3 is 2.00 bits per heavy atom. The average Bonchev–Trinajstić information content (AvgIpc) is 2.43. The van der Waals surface area contributed by atoms with Crippen molar-refractivity contribution in [3.05, 3.63) is 0 Å². The maximum absolute atomic E-state index is 11.7. The van der Waals surface area contributed by atoms with Gasteiger partial charge in [0.2, 0.25) is 0 Å². The monoisotopic (exact) mass is 268 g/mol. The first-order valence-electron chi connectivity index (χ1n) is 8.48. The van der Waals surface area contributed by atoms with E-state index in [0.29, 0.717) is 18.3 Å². The van der Waals surface area contributed by atoms with Crippen molar-refractivity contribution in [2.75, 3.05) is 6.61 Å². The third kappa shape index (κ3) is 8.41. The molecule has 1 aliphatic rings. The van der Waals surface area contributed by atoms with Gasteiger partial charge < -0.3 is 5.11 Å². The quantitative estimate of drug-likeness (QED) is 0.554. The molecule has 0 unspecified atom stereocenters. The molecule has 1 atom stereocenters. The van der Waals surface area contributed by atoms with E-state index in [2.05, 4.69) is 0 Å². The molecule has 0 aliphatic heterocycles. The summed E-state index contributed by atoms with van der Waals surface area (Å²) in [6, 6.07) is 0. The Labute approximate surface area is 119 Å². The standard InChI is InChI=1S/C17H32O2/c18-15-11-7-5-3-1-2-4-6-8-12-16-13-9-10-14-17(16)19/h16,18H,1-15H2/t16-/m0/s1. The van der Waals surface area contributed by atoms with Crippen molar-refractivity contribution in [1.82, 2.24) is 0 Å². The highest BCUT2D eigenvalue weighted by Crippen LogP contribution is 2.25. The van der Waals surface area contributed by atoms with E-state index in [0.717, 1.165) is 32.1 Å². The molecule has 2 nitrogen and oxygen atoms in total. The number of aliphatic hydroxyl groups excluding tert-OH is 1. The molecule has 1 N–H and O–H groups in total. The molecule has 0 spiro atoms. The van der Waals surface area contributed by atoms with Crippen LogP contribution in [0.4, 0.5) is 0 Å². The molecule has 0 saturated heterocycles. The van der Waals surface area contributed by atoms with E-state index in [-0.39, 0.29) is 0 Å². The van der Waals surface area contributed by atoms with E-state index in [1.807, 2.05) is 0 Å². The molecular weight excluding hydrogens is 236 g/mol. The fraction of sp³-hybridized carbons (Fsp3) is 0.941. The summed E-state index contributed by atoms with van der Waals surface area (Å²) in [5.41, 5.74) is 0. The number of carbonyl (C=O) groups excluding carboxylic acids is 1. The highest BCUT2D eigenvalue weighted by Gasteiger charge is 2.20. The molecule has 0 amide bonds. The molecule has 112 valence electrons. The Kier molecular flexibility index (Phi) is 10.1. The van der Waals surface area contributed by atoms with Gasteiger partial charge in [-0.05, 0) is 25.7 Å². The lowest BCUT2D eigenvalue weighted by atomic mass is 9.84. The predicted molar refractivity (Wildman–Crippen MR) is 80.2 cm³/mol. The van der Waals surface area contributed by atoms with Gasteiger partial charge in [0, 0.05) is 18.9 Å². The van der Waals surface area contributed by atoms with E-state index in [1.165, 1.54) is 57.8 Å². The Hall–Kier alpha value is -0.370. The minimum atomic E-state index is 0.347. The Morgan fingerprint density at radius 2 is 1.42 bits per heavy atom. The minimum absolute atomic E-state index is 0.347. The van der Waals surface area contributed by atoms with Crippen LogP contribution in [0.2, 0.25) is 0 Å². The van der Waals surface area contributed by atoms with Gasteiger partial charge in [-0.25, -0.2) is 0 Å². The summed E-state index contributed by atoms with van der Waals surface area (Å²) in [6.07, 6.45) is 16.9. The van der Waals surface area contributed by atoms with Crippen LogP contribution in [0.25, 0.3) is 0 Å². The number of ketones is 1. The molecule has 0 aromatic carbocycles. The fourth-order valence-electron chi connectivity index (χ4n) is 3.10. The summed E-state index contributed by atoms with van der Waals surface area (Å²) in [6.45, 7) is 0.347. The SMILES string of the molecule is O=C1CCCC[C@@H]1CCCCCCCCCCCO. The molecule has 1 saturated carbocycles. The van der Waals surface area contributed by atoms with Crippen molar-refractivity contribution in [3.8, 4) is 0 Å². The van der Waals surface area contributed by atoms with Crippen LogP contribution < -0.4 is 0 Å². The van der Waals surface area contributed by atoms with Crippen molar-refractivity contribution in [2.45, 2.75) is 89.9 Å². The van der Waals surface area contributed by atoms with Crippen LogP contribution in [0.15, 0.2) is 0 Å². The van der Waals surface area contributed by atoms with Crippen molar-refractivity contribution >= 4 is 5.78 Å². The van der Waals surface area contributed by atoms with E-state index >= 15 is 0 Å². The Bertz CT molecular complexity index is 225. The summed E-state index contributed by atoms with van der Waals surface area (Å²) < 4.78 is 0. The van der Waals surface area contributed by atoms with Crippen LogP contribution in [0.3, 0.4) is 0 Å². The van der Waals surface area contributed by atoms with Crippen LogP contribution in [0.5, 0.6) is 0 Å². The fourth-order valence-corrected chi connectivity index (χ4v) is 3.10. The number of carbonyl (C=O) groups is 1. The topological polar surface area (TPSA) is 37.3 Å². The second-order valence-electron chi connectivity index (χ2n) is 6.10. The molecule has 0 heterocycles. The van der Waals surface area contributed by atoms with Crippen molar-refractivity contribution in [3.63, 3.8) is 0 Å². The average molecular weight is 268 g/mol. The Morgan fingerprint density at radius 1 is 0.842 bits per heavy atom. The van der Waals surface area contributed by atoms with Crippen molar-refractivity contribution in [1.29, 1.82) is 0 Å². The van der Waals surface area contributed by atoms with Gasteiger partial charge in [0.1, 0.15) is 5.78 Å². The predicted octanol–water partition coefficient (Wildman–Crippen LogP) is 4.64. The Balaban J connectivity index is 1.82. The van der Waals surface area contributed by atoms with E-state index in [9.17, 15) is 4.79 Å². The second-order valence-corrected chi connectivity index (χ2v) is 6.10. The smallest absolute Gasteiger partial charge is 0.135 e. The zero-order chi connectivity index (χ0) is 13.8. The highest BCUT2D eigenvalue weighted by molar-refractivity contribution is 5.81. The summed E-state index contributed by atoms with van der Waals surface area (Å²) in [5, 5.41) is 8.67. The number of rotatable bonds is 11. The molecule has 1 fully saturated rings. The number of hydrogen-bond acceptors (Lipinski definition) is 2. The van der Waals surface area contributed by atoms with Gasteiger partial charge in [-0.2, -0.15) is 0 Å². The van der Waals surface area contributed by atoms with Gasteiger partial charge in [-0.1, -0.05) is 57.8 Å². The highest BCUT2D eigenvalue weighted by atomic mass is 16.2. The largest absolute Gasteiger partial charge is 0.396 e. The van der Waals surface area contributed by atoms with Crippen LogP contribution in [0, 0.1) is 5.92 Å². The van der Waals surface area contributed by atoms with Gasteiger partial charge in [0.05, 0.1) is 0 Å². The lowest BCUT2D eigenvalue weighted by molar-refractivity contribution is -0.124. The van der Waals surface area contributed by atoms with Crippen LogP contribution in [-0.2, 0) is 4.79 Å². The van der Waals surface area contributed by atoms with Crippen LogP contribution in [0.1, 0.15) is 89.9 Å². The zero-order valence-corrected chi connectivity index (χ0v) is 12.5. The van der Waals surface area contributed by atoms with E-state index in [4.69, 9.17) is 5.11 Å². The first kappa shape index (κ1) is 16.7. The summed E-state index contributed by atoms with van der Waals surface area (Å²) in [7, 11) is 0. The second kappa shape index (κ2) is 11.5. The number of hydrogen-bond donors (Lipinski definition) is 1. The summed E-state index contributed by atoms with van der Waals surface area (Å²) >= 11 is 0. The maximum atomic E-state index is 11.7. The van der Waals surface area contributed by atoms with E-state index < -0.39 is 0 Å². The van der Waals surface area contributed by atoms with E-state index in [1.54, 1.807) is 0 Å². The molecular formula is C17H32O2. The zero-order valence-electron chi connectivity index (χ0n) is 12.5. The molecule has 0 radical (unpaired) electrons. The van der Waals surface area contributed by atoms with Crippen molar-refractivity contribution in [2.24, 2.45) is 5.92 Å². The normalized spacial score (nSPS) is 19.8. The lowest BCUT2D eigenvalue weighted by Crippen LogP contribution is -2.18. The third-order valence-electron chi connectivity index (χ3n) is 4.39. The van der Waals surface area contributed by atoms with Gasteiger partial charge in [-0.15, -0.1) is 0 Å². The number of Topliss-reactive ketones (excluding diaryl/α,β-unsaturated/α-hetero) is 1. The first-order chi connectivity index (χ1) is 9.34. The van der Waals surface area contributed by atoms with Gasteiger partial charge in [0.15, 0.2) is 0 Å². The molecule has 1 rings (SSSR count). The van der Waals surface area contributed by atoms with Crippen LogP contribution in [-0.4, -0.2) is 17.5 Å². The summed E-state index contributed by atoms with van der Waals surface area (Å²) in [5.74, 6) is 0.947. The summed E-state index contributed by atoms with van der Waals surface area (Å²) in [4.78, 5) is 11.7. The molecule has 2 heteroatoms. The first-order valence-corrected chi connectivity index (χ1v) is 8.48. The number of aliphatic hydroxyl groups is 1. The molecule has 1 aliphatic carbocycles.